The number of nitro benzene ring substituents is 1. The first-order valence-electron chi connectivity index (χ1n) is 9.50. The van der Waals surface area contributed by atoms with E-state index >= 15 is 0 Å². The number of carbonyl (C=O) groups is 1. The minimum atomic E-state index is -0.765. The summed E-state index contributed by atoms with van der Waals surface area (Å²) in [7, 11) is 2.88. The Labute approximate surface area is 171 Å². The van der Waals surface area contributed by atoms with Crippen LogP contribution in [-0.4, -0.2) is 19.8 Å². The summed E-state index contributed by atoms with van der Waals surface area (Å²) in [6.07, 6.45) is 0.764. The van der Waals surface area contributed by atoms with Gasteiger partial charge in [-0.1, -0.05) is 26.0 Å². The van der Waals surface area contributed by atoms with Gasteiger partial charge in [0.2, 0.25) is 5.88 Å². The van der Waals surface area contributed by atoms with Crippen LogP contribution in [0.3, 0.4) is 0 Å². The number of fused-ring (bicyclic) bond motifs is 1. The van der Waals surface area contributed by atoms with Gasteiger partial charge < -0.3 is 4.74 Å². The van der Waals surface area contributed by atoms with Gasteiger partial charge in [0.1, 0.15) is 5.76 Å². The molecule has 2 aliphatic rings. The van der Waals surface area contributed by atoms with Crippen LogP contribution in [0.2, 0.25) is 0 Å². The SMILES string of the molecule is Cn1c2c(c(=O)n(C)c1=O)C(c1ccc([N+](=O)[O-])cc1)C1=C(CC(C)(C)CC1=O)O2. The number of nitrogens with zero attached hydrogens (tertiary/aromatic N) is 3. The lowest BCUT2D eigenvalue weighted by Crippen LogP contribution is -2.44. The van der Waals surface area contributed by atoms with Gasteiger partial charge in [-0.3, -0.25) is 28.8 Å². The summed E-state index contributed by atoms with van der Waals surface area (Å²) < 4.78 is 8.23. The quantitative estimate of drug-likeness (QED) is 0.553. The lowest BCUT2D eigenvalue weighted by Gasteiger charge is -2.38. The maximum absolute atomic E-state index is 13.1. The number of benzene rings is 1. The zero-order valence-corrected chi connectivity index (χ0v) is 17.1. The van der Waals surface area contributed by atoms with Crippen LogP contribution in [0.4, 0.5) is 5.69 Å². The van der Waals surface area contributed by atoms with Crippen LogP contribution in [-0.2, 0) is 18.9 Å². The first-order valence-corrected chi connectivity index (χ1v) is 9.50. The van der Waals surface area contributed by atoms with Crippen LogP contribution in [0, 0.1) is 15.5 Å². The van der Waals surface area contributed by atoms with E-state index in [1.807, 2.05) is 13.8 Å². The number of aromatic nitrogens is 2. The smallest absolute Gasteiger partial charge is 0.333 e. The number of ketones is 1. The summed E-state index contributed by atoms with van der Waals surface area (Å²) in [5.74, 6) is -0.351. The summed E-state index contributed by atoms with van der Waals surface area (Å²) in [6.45, 7) is 3.91. The topological polar surface area (TPSA) is 113 Å². The Kier molecular flexibility index (Phi) is 4.30. The third kappa shape index (κ3) is 2.89. The van der Waals surface area contributed by atoms with Crippen LogP contribution in [0.1, 0.15) is 43.7 Å². The van der Waals surface area contributed by atoms with Gasteiger partial charge in [0.15, 0.2) is 5.78 Å². The highest BCUT2D eigenvalue weighted by atomic mass is 16.6. The first kappa shape index (κ1) is 19.8. The van der Waals surface area contributed by atoms with Crippen molar-refractivity contribution in [1.29, 1.82) is 0 Å². The van der Waals surface area contributed by atoms with Crippen molar-refractivity contribution < 1.29 is 14.5 Å². The number of rotatable bonds is 2. The van der Waals surface area contributed by atoms with Crippen molar-refractivity contribution in [3.63, 3.8) is 0 Å². The second-order valence-corrected chi connectivity index (χ2v) is 8.59. The van der Waals surface area contributed by atoms with E-state index in [4.69, 9.17) is 4.74 Å². The zero-order chi connectivity index (χ0) is 22.0. The predicted molar refractivity (Wildman–Crippen MR) is 108 cm³/mol. The molecule has 30 heavy (non-hydrogen) atoms. The molecule has 1 unspecified atom stereocenters. The van der Waals surface area contributed by atoms with E-state index in [1.165, 1.54) is 30.8 Å². The molecule has 2 aromatic rings. The Bertz CT molecular complexity index is 1250. The highest BCUT2D eigenvalue weighted by Crippen LogP contribution is 2.48. The van der Waals surface area contributed by atoms with E-state index in [-0.39, 0.29) is 28.3 Å². The molecule has 0 N–H and O–H groups in total. The van der Waals surface area contributed by atoms with E-state index in [2.05, 4.69) is 0 Å². The average Bonchev–Trinajstić information content (AvgIpc) is 2.68. The first-order chi connectivity index (χ1) is 14.0. The fraction of sp³-hybridized carbons (Fsp3) is 0.381. The Hall–Kier alpha value is -3.49. The van der Waals surface area contributed by atoms with Crippen molar-refractivity contribution in [1.82, 2.24) is 9.13 Å². The van der Waals surface area contributed by atoms with Crippen molar-refractivity contribution >= 4 is 11.5 Å². The number of hydrogen-bond donors (Lipinski definition) is 0. The van der Waals surface area contributed by atoms with Crippen molar-refractivity contribution in [3.05, 3.63) is 77.7 Å². The van der Waals surface area contributed by atoms with E-state index < -0.39 is 22.1 Å². The van der Waals surface area contributed by atoms with Gasteiger partial charge in [-0.15, -0.1) is 0 Å². The normalized spacial score (nSPS) is 19.7. The molecule has 1 atom stereocenters. The number of Topliss-reactive ketones (excluding diaryl/α,β-unsaturated/α-hetero) is 1. The van der Waals surface area contributed by atoms with E-state index in [0.29, 0.717) is 29.7 Å². The van der Waals surface area contributed by atoms with Gasteiger partial charge in [-0.2, -0.15) is 0 Å². The van der Waals surface area contributed by atoms with Gasteiger partial charge in [0.05, 0.1) is 16.4 Å². The summed E-state index contributed by atoms with van der Waals surface area (Å²) >= 11 is 0. The molecule has 1 aromatic heterocycles. The minimum Gasteiger partial charge on any atom is -0.444 e. The van der Waals surface area contributed by atoms with Crippen molar-refractivity contribution in [2.24, 2.45) is 19.5 Å². The summed E-state index contributed by atoms with van der Waals surface area (Å²) in [6, 6.07) is 5.77. The second kappa shape index (κ2) is 6.51. The molecular weight excluding hydrogens is 390 g/mol. The highest BCUT2D eigenvalue weighted by Gasteiger charge is 2.44. The largest absolute Gasteiger partial charge is 0.444 e. The molecule has 9 heteroatoms. The molecule has 2 heterocycles. The maximum Gasteiger partial charge on any atom is 0.333 e. The Morgan fingerprint density at radius 1 is 1.07 bits per heavy atom. The molecule has 0 saturated carbocycles. The van der Waals surface area contributed by atoms with Crippen molar-refractivity contribution in [2.45, 2.75) is 32.6 Å². The fourth-order valence-electron chi connectivity index (χ4n) is 4.30. The highest BCUT2D eigenvalue weighted by molar-refractivity contribution is 6.00. The fourth-order valence-corrected chi connectivity index (χ4v) is 4.30. The molecule has 0 amide bonds. The number of ether oxygens (including phenoxy) is 1. The number of carbonyl (C=O) groups excluding carboxylic acids is 1. The number of non-ortho nitro benzene ring substituents is 1. The summed E-state index contributed by atoms with van der Waals surface area (Å²) in [5.41, 5.74) is -0.392. The number of allylic oxidation sites excluding steroid dienone is 2. The molecule has 0 radical (unpaired) electrons. The van der Waals surface area contributed by atoms with E-state index in [1.54, 1.807) is 12.1 Å². The molecule has 9 nitrogen and oxygen atoms in total. The molecule has 4 rings (SSSR count). The van der Waals surface area contributed by atoms with Gasteiger partial charge >= 0.3 is 5.69 Å². The van der Waals surface area contributed by atoms with Crippen molar-refractivity contribution in [3.8, 4) is 5.88 Å². The van der Waals surface area contributed by atoms with Crippen LogP contribution in [0.15, 0.2) is 45.2 Å². The van der Waals surface area contributed by atoms with E-state index in [9.17, 15) is 24.5 Å². The zero-order valence-electron chi connectivity index (χ0n) is 17.1. The molecule has 0 bridgehead atoms. The van der Waals surface area contributed by atoms with Crippen LogP contribution >= 0.6 is 0 Å². The number of nitro groups is 1. The maximum atomic E-state index is 13.1. The minimum absolute atomic E-state index is 0.0929. The third-order valence-electron chi connectivity index (χ3n) is 5.76. The van der Waals surface area contributed by atoms with E-state index in [0.717, 1.165) is 4.57 Å². The molecular formula is C21H21N3O6. The molecule has 1 aliphatic carbocycles. The summed E-state index contributed by atoms with van der Waals surface area (Å²) in [4.78, 5) is 49.2. The van der Waals surface area contributed by atoms with Crippen LogP contribution in [0.25, 0.3) is 0 Å². The van der Waals surface area contributed by atoms with Crippen LogP contribution in [0.5, 0.6) is 5.88 Å². The Morgan fingerprint density at radius 3 is 2.30 bits per heavy atom. The molecule has 0 spiro atoms. The van der Waals surface area contributed by atoms with Gasteiger partial charge in [0, 0.05) is 44.6 Å². The predicted octanol–water partition coefficient (Wildman–Crippen LogP) is 2.16. The molecule has 156 valence electrons. The molecule has 1 aliphatic heterocycles. The average molecular weight is 411 g/mol. The third-order valence-corrected chi connectivity index (χ3v) is 5.76. The monoisotopic (exact) mass is 411 g/mol. The lowest BCUT2D eigenvalue weighted by atomic mass is 9.70. The van der Waals surface area contributed by atoms with Crippen LogP contribution < -0.4 is 16.0 Å². The lowest BCUT2D eigenvalue weighted by molar-refractivity contribution is -0.384. The second-order valence-electron chi connectivity index (χ2n) is 8.59. The van der Waals surface area contributed by atoms with Crippen molar-refractivity contribution in [2.75, 3.05) is 0 Å². The standard InChI is InChI=1S/C21H21N3O6/c1-21(2)9-13(25)16-14(10-21)30-19-17(18(26)22(3)20(27)23(19)4)15(16)11-5-7-12(8-6-11)24(28)29/h5-8,15H,9-10H2,1-4H3. The molecule has 0 fully saturated rings. The number of hydrogen-bond acceptors (Lipinski definition) is 6. The Balaban J connectivity index is 2.03. The summed E-state index contributed by atoms with van der Waals surface area (Å²) in [5, 5.41) is 11.1. The molecule has 1 aromatic carbocycles. The molecule has 0 saturated heterocycles. The Morgan fingerprint density at radius 2 is 1.70 bits per heavy atom. The van der Waals surface area contributed by atoms with Gasteiger partial charge in [-0.05, 0) is 11.0 Å². The van der Waals surface area contributed by atoms with Gasteiger partial charge in [0.25, 0.3) is 11.2 Å². The van der Waals surface area contributed by atoms with Gasteiger partial charge in [-0.25, -0.2) is 4.79 Å².